The second kappa shape index (κ2) is 5.84. The van der Waals surface area contributed by atoms with Crippen molar-refractivity contribution < 1.29 is 0 Å². The zero-order valence-electron chi connectivity index (χ0n) is 10.4. The van der Waals surface area contributed by atoms with Gasteiger partial charge in [-0.1, -0.05) is 36.8 Å². The van der Waals surface area contributed by atoms with Crippen LogP contribution < -0.4 is 5.32 Å². The lowest BCUT2D eigenvalue weighted by atomic mass is 10.0. The Morgan fingerprint density at radius 2 is 2.12 bits per heavy atom. The van der Waals surface area contributed by atoms with Crippen LogP contribution in [0.15, 0.2) is 30.3 Å². The summed E-state index contributed by atoms with van der Waals surface area (Å²) >= 11 is 0. The van der Waals surface area contributed by atoms with E-state index in [1.165, 1.54) is 12.0 Å². The van der Waals surface area contributed by atoms with Gasteiger partial charge in [0, 0.05) is 12.1 Å². The first-order valence-electron chi connectivity index (χ1n) is 6.49. The van der Waals surface area contributed by atoms with Gasteiger partial charge in [0.1, 0.15) is 0 Å². The fourth-order valence-corrected chi connectivity index (χ4v) is 2.71. The first-order valence-corrected chi connectivity index (χ1v) is 6.49. The van der Waals surface area contributed by atoms with Crippen molar-refractivity contribution >= 4 is 0 Å². The maximum Gasteiger partial charge on any atom is 0.0672 e. The summed E-state index contributed by atoms with van der Waals surface area (Å²) in [5.74, 6) is 0.216. The molecule has 17 heavy (non-hydrogen) atoms. The molecule has 1 aromatic carbocycles. The van der Waals surface area contributed by atoms with Crippen molar-refractivity contribution in [1.82, 2.24) is 5.32 Å². The minimum absolute atomic E-state index is 0.216. The molecular weight excluding hydrogens is 208 g/mol. The van der Waals surface area contributed by atoms with Gasteiger partial charge in [0.15, 0.2) is 0 Å². The highest BCUT2D eigenvalue weighted by Crippen LogP contribution is 2.25. The lowest BCUT2D eigenvalue weighted by molar-refractivity contribution is 0.408. The van der Waals surface area contributed by atoms with E-state index >= 15 is 0 Å². The van der Waals surface area contributed by atoms with Crippen molar-refractivity contribution in [3.05, 3.63) is 35.9 Å². The van der Waals surface area contributed by atoms with Crippen LogP contribution in [0.1, 0.15) is 31.7 Å². The van der Waals surface area contributed by atoms with E-state index in [4.69, 9.17) is 5.26 Å². The van der Waals surface area contributed by atoms with Crippen LogP contribution in [0.3, 0.4) is 0 Å². The molecule has 1 N–H and O–H groups in total. The average Bonchev–Trinajstić information content (AvgIpc) is 2.77. The van der Waals surface area contributed by atoms with E-state index in [9.17, 15) is 0 Å². The van der Waals surface area contributed by atoms with Gasteiger partial charge in [0.05, 0.1) is 12.0 Å². The Hall–Kier alpha value is -1.33. The van der Waals surface area contributed by atoms with Gasteiger partial charge < -0.3 is 5.32 Å². The van der Waals surface area contributed by atoms with E-state index in [1.807, 2.05) is 6.07 Å². The summed E-state index contributed by atoms with van der Waals surface area (Å²) in [5, 5.41) is 12.7. The summed E-state index contributed by atoms with van der Waals surface area (Å²) in [6.45, 7) is 2.21. The number of hydrogen-bond acceptors (Lipinski definition) is 2. The molecule has 1 aliphatic rings. The van der Waals surface area contributed by atoms with Gasteiger partial charge in [0.2, 0.25) is 0 Å². The molecule has 1 aromatic rings. The highest BCUT2D eigenvalue weighted by molar-refractivity contribution is 5.15. The molecule has 1 fully saturated rings. The second-order valence-electron chi connectivity index (χ2n) is 5.03. The molecule has 1 saturated carbocycles. The molecule has 3 atom stereocenters. The van der Waals surface area contributed by atoms with E-state index < -0.39 is 0 Å². The third-order valence-corrected chi connectivity index (χ3v) is 3.57. The number of hydrogen-bond donors (Lipinski definition) is 1. The van der Waals surface area contributed by atoms with E-state index in [1.54, 1.807) is 0 Å². The summed E-state index contributed by atoms with van der Waals surface area (Å²) in [6, 6.07) is 13.8. The largest absolute Gasteiger partial charge is 0.310 e. The van der Waals surface area contributed by atoms with Crippen LogP contribution in [-0.2, 0) is 6.42 Å². The number of nitriles is 1. The fraction of sp³-hybridized carbons (Fsp3) is 0.533. The first kappa shape index (κ1) is 12.1. The Morgan fingerprint density at radius 1 is 1.35 bits per heavy atom. The zero-order valence-corrected chi connectivity index (χ0v) is 10.4. The molecule has 2 rings (SSSR count). The van der Waals surface area contributed by atoms with E-state index in [2.05, 4.69) is 42.6 Å². The highest BCUT2D eigenvalue weighted by Gasteiger charge is 2.27. The van der Waals surface area contributed by atoms with Crippen LogP contribution in [0.4, 0.5) is 0 Å². The Labute approximate surface area is 104 Å². The number of nitrogens with one attached hydrogen (secondary N) is 1. The van der Waals surface area contributed by atoms with Gasteiger partial charge in [-0.15, -0.1) is 0 Å². The topological polar surface area (TPSA) is 35.8 Å². The SMILES string of the molecule is CC(Cc1ccccc1)NC1CCCC1C#N. The zero-order chi connectivity index (χ0) is 12.1. The third-order valence-electron chi connectivity index (χ3n) is 3.57. The molecule has 0 heterocycles. The molecule has 2 nitrogen and oxygen atoms in total. The summed E-state index contributed by atoms with van der Waals surface area (Å²) in [4.78, 5) is 0. The lowest BCUT2D eigenvalue weighted by Gasteiger charge is -2.21. The molecule has 0 saturated heterocycles. The van der Waals surface area contributed by atoms with Crippen LogP contribution in [0.5, 0.6) is 0 Å². The molecule has 0 amide bonds. The molecule has 0 aliphatic heterocycles. The Morgan fingerprint density at radius 3 is 2.82 bits per heavy atom. The normalized spacial score (nSPS) is 25.4. The van der Waals surface area contributed by atoms with Crippen LogP contribution >= 0.6 is 0 Å². The first-order chi connectivity index (χ1) is 8.29. The highest BCUT2D eigenvalue weighted by atomic mass is 15.0. The smallest absolute Gasteiger partial charge is 0.0672 e. The Balaban J connectivity index is 1.85. The van der Waals surface area contributed by atoms with Crippen LogP contribution in [0.2, 0.25) is 0 Å². The van der Waals surface area contributed by atoms with Gasteiger partial charge in [-0.25, -0.2) is 0 Å². The van der Waals surface area contributed by atoms with Gasteiger partial charge in [-0.3, -0.25) is 0 Å². The number of nitrogens with zero attached hydrogens (tertiary/aromatic N) is 1. The maximum atomic E-state index is 9.05. The molecule has 1 aliphatic carbocycles. The molecule has 3 unspecified atom stereocenters. The van der Waals surface area contributed by atoms with E-state index in [0.717, 1.165) is 19.3 Å². The predicted octanol–water partition coefficient (Wildman–Crippen LogP) is 2.90. The Kier molecular flexibility index (Phi) is 4.17. The summed E-state index contributed by atoms with van der Waals surface area (Å²) in [6.07, 6.45) is 4.44. The van der Waals surface area contributed by atoms with E-state index in [-0.39, 0.29) is 5.92 Å². The van der Waals surface area contributed by atoms with Crippen molar-refractivity contribution in [3.63, 3.8) is 0 Å². The molecular formula is C15H20N2. The average molecular weight is 228 g/mol. The van der Waals surface area contributed by atoms with Gasteiger partial charge >= 0.3 is 0 Å². The van der Waals surface area contributed by atoms with Gasteiger partial charge in [0.25, 0.3) is 0 Å². The maximum absolute atomic E-state index is 9.05. The van der Waals surface area contributed by atoms with Crippen LogP contribution in [0, 0.1) is 17.2 Å². The van der Waals surface area contributed by atoms with Gasteiger partial charge in [-0.05, 0) is 31.7 Å². The molecule has 0 radical (unpaired) electrons. The summed E-state index contributed by atoms with van der Waals surface area (Å²) in [7, 11) is 0. The van der Waals surface area contributed by atoms with Crippen LogP contribution in [0.25, 0.3) is 0 Å². The third kappa shape index (κ3) is 3.31. The predicted molar refractivity (Wildman–Crippen MR) is 69.5 cm³/mol. The van der Waals surface area contributed by atoms with Crippen molar-refractivity contribution in [3.8, 4) is 6.07 Å². The lowest BCUT2D eigenvalue weighted by Crippen LogP contribution is -2.39. The summed E-state index contributed by atoms with van der Waals surface area (Å²) in [5.41, 5.74) is 1.36. The Bertz CT molecular complexity index is 380. The standard InChI is InChI=1S/C15H20N2/c1-12(10-13-6-3-2-4-7-13)17-15-9-5-8-14(15)11-16/h2-4,6-7,12,14-15,17H,5,8-10H2,1H3. The minimum Gasteiger partial charge on any atom is -0.310 e. The molecule has 2 heteroatoms. The molecule has 0 bridgehead atoms. The minimum atomic E-state index is 0.216. The number of benzene rings is 1. The van der Waals surface area contributed by atoms with Gasteiger partial charge in [-0.2, -0.15) is 5.26 Å². The van der Waals surface area contributed by atoms with Crippen molar-refractivity contribution in [2.24, 2.45) is 5.92 Å². The monoisotopic (exact) mass is 228 g/mol. The molecule has 90 valence electrons. The summed E-state index contributed by atoms with van der Waals surface area (Å²) < 4.78 is 0. The second-order valence-corrected chi connectivity index (χ2v) is 5.03. The fourth-order valence-electron chi connectivity index (χ4n) is 2.71. The van der Waals surface area contributed by atoms with Crippen molar-refractivity contribution in [1.29, 1.82) is 5.26 Å². The van der Waals surface area contributed by atoms with Crippen LogP contribution in [-0.4, -0.2) is 12.1 Å². The van der Waals surface area contributed by atoms with Crippen molar-refractivity contribution in [2.75, 3.05) is 0 Å². The molecule has 0 spiro atoms. The quantitative estimate of drug-likeness (QED) is 0.860. The number of rotatable bonds is 4. The van der Waals surface area contributed by atoms with E-state index in [0.29, 0.717) is 12.1 Å². The molecule has 0 aromatic heterocycles. The van der Waals surface area contributed by atoms with Crippen molar-refractivity contribution in [2.45, 2.75) is 44.7 Å².